The summed E-state index contributed by atoms with van der Waals surface area (Å²) < 4.78 is 64.1. The highest BCUT2D eigenvalue weighted by atomic mass is 35.5. The smallest absolute Gasteiger partial charge is 0.338 e. The van der Waals surface area contributed by atoms with E-state index in [2.05, 4.69) is 19.4 Å². The van der Waals surface area contributed by atoms with Gasteiger partial charge in [-0.05, 0) is 79.1 Å². The SMILES string of the molecule is COC(=O)c1cc(OC)c2nc(CCl)n(C[C@@H]3CCO3)c2c1.COC(=O)c1cc(OC)c2nc(CN3C[C@@H]4C(c5c(F)ccc6c5OC(C)(c5ccc(Cl)cn5)O6)[C@@H]4C3)n(C[C@@H]3CCO3)c2c1. The number of pyridine rings is 1. The number of hydrogen-bond donors (Lipinski definition) is 0. The van der Waals surface area contributed by atoms with Crippen LogP contribution in [0.2, 0.25) is 5.02 Å². The molecule has 352 valence electrons. The lowest BCUT2D eigenvalue weighted by Gasteiger charge is -2.28. The Balaban J connectivity index is 0.000000200. The second kappa shape index (κ2) is 18.1. The van der Waals surface area contributed by atoms with Crippen molar-refractivity contribution in [1.82, 2.24) is 29.0 Å². The van der Waals surface area contributed by atoms with Crippen LogP contribution in [0.15, 0.2) is 54.7 Å². The quantitative estimate of drug-likeness (QED) is 0.0820. The van der Waals surface area contributed by atoms with E-state index >= 15 is 4.39 Å². The molecule has 3 aromatic heterocycles. The van der Waals surface area contributed by atoms with E-state index < -0.39 is 17.7 Å². The molecule has 3 aromatic carbocycles. The van der Waals surface area contributed by atoms with E-state index in [1.165, 1.54) is 20.3 Å². The number of ether oxygens (including phenoxy) is 8. The normalized spacial score (nSPS) is 23.5. The number of fused-ring (bicyclic) bond motifs is 4. The number of methoxy groups -OCH3 is 4. The molecule has 2 unspecified atom stereocenters. The summed E-state index contributed by atoms with van der Waals surface area (Å²) in [5.41, 5.74) is 4.94. The van der Waals surface area contributed by atoms with Crippen molar-refractivity contribution in [2.75, 3.05) is 54.7 Å². The Morgan fingerprint density at radius 1 is 0.806 bits per heavy atom. The number of esters is 2. The van der Waals surface area contributed by atoms with Gasteiger partial charge in [-0.15, -0.1) is 11.6 Å². The van der Waals surface area contributed by atoms with Gasteiger partial charge in [0.05, 0.1) is 93.3 Å². The van der Waals surface area contributed by atoms with Gasteiger partial charge in [-0.25, -0.2) is 23.9 Å². The minimum atomic E-state index is -1.18. The van der Waals surface area contributed by atoms with Gasteiger partial charge in [-0.1, -0.05) is 11.6 Å². The number of carbonyl (C=O) groups excluding carboxylic acids is 2. The Hall–Kier alpha value is -5.72. The number of halogens is 3. The Labute approximate surface area is 395 Å². The Bertz CT molecular complexity index is 2870. The lowest BCUT2D eigenvalue weighted by Crippen LogP contribution is -2.33. The van der Waals surface area contributed by atoms with Gasteiger partial charge < -0.3 is 47.0 Å². The van der Waals surface area contributed by atoms with Crippen molar-refractivity contribution in [3.63, 3.8) is 0 Å². The number of rotatable bonds is 13. The number of carbonyl (C=O) groups is 2. The molecule has 6 atom stereocenters. The number of benzene rings is 3. The van der Waals surface area contributed by atoms with E-state index in [4.69, 9.17) is 66.1 Å². The Morgan fingerprint density at radius 2 is 1.37 bits per heavy atom. The number of hydrogen-bond acceptors (Lipinski definition) is 14. The van der Waals surface area contributed by atoms with Crippen LogP contribution in [-0.4, -0.2) is 108 Å². The average Bonchev–Trinajstić information content (AvgIpc) is 3.73. The Morgan fingerprint density at radius 3 is 1.87 bits per heavy atom. The van der Waals surface area contributed by atoms with Gasteiger partial charge in [0, 0.05) is 45.0 Å². The second-order valence-electron chi connectivity index (χ2n) is 17.4. The lowest BCUT2D eigenvalue weighted by atomic mass is 10.0. The van der Waals surface area contributed by atoms with Gasteiger partial charge in [-0.2, -0.15) is 0 Å². The van der Waals surface area contributed by atoms with Crippen LogP contribution in [0.25, 0.3) is 22.1 Å². The number of piperidine rings is 1. The minimum Gasteiger partial charge on any atom is -0.494 e. The van der Waals surface area contributed by atoms with Crippen LogP contribution in [0.3, 0.4) is 0 Å². The summed E-state index contributed by atoms with van der Waals surface area (Å²) in [4.78, 5) is 40.5. The number of likely N-dealkylation sites (tertiary alicyclic amines) is 1. The van der Waals surface area contributed by atoms with E-state index in [1.807, 2.05) is 10.6 Å². The summed E-state index contributed by atoms with van der Waals surface area (Å²) in [7, 11) is 5.83. The van der Waals surface area contributed by atoms with E-state index in [1.54, 1.807) is 63.7 Å². The van der Waals surface area contributed by atoms with Crippen LogP contribution < -0.4 is 18.9 Å². The van der Waals surface area contributed by atoms with Gasteiger partial charge in [0.1, 0.15) is 45.7 Å². The highest BCUT2D eigenvalue weighted by molar-refractivity contribution is 6.30. The van der Waals surface area contributed by atoms with Crippen LogP contribution in [-0.2, 0) is 50.2 Å². The fourth-order valence-electron chi connectivity index (χ4n) is 9.75. The van der Waals surface area contributed by atoms with E-state index in [0.717, 1.165) is 61.8 Å². The average molecular weight is 960 g/mol. The molecule has 7 heterocycles. The first-order chi connectivity index (χ1) is 32.4. The molecule has 1 aliphatic carbocycles. The molecule has 6 aromatic rings. The van der Waals surface area contributed by atoms with Gasteiger partial charge in [0.25, 0.3) is 5.79 Å². The van der Waals surface area contributed by atoms with Gasteiger partial charge >= 0.3 is 11.9 Å². The van der Waals surface area contributed by atoms with Crippen LogP contribution in [0.1, 0.15) is 69.3 Å². The zero-order chi connectivity index (χ0) is 46.7. The van der Waals surface area contributed by atoms with Gasteiger partial charge in [0.15, 0.2) is 11.5 Å². The highest BCUT2D eigenvalue weighted by Crippen LogP contribution is 2.63. The predicted molar refractivity (Wildman–Crippen MR) is 243 cm³/mol. The summed E-state index contributed by atoms with van der Waals surface area (Å²) in [6, 6.07) is 13.4. The lowest BCUT2D eigenvalue weighted by molar-refractivity contribution is -0.0721. The predicted octanol–water partition coefficient (Wildman–Crippen LogP) is 7.66. The van der Waals surface area contributed by atoms with Crippen molar-refractivity contribution in [3.8, 4) is 23.0 Å². The number of alkyl halides is 1. The molecule has 0 bridgehead atoms. The second-order valence-corrected chi connectivity index (χ2v) is 18.1. The molecule has 16 nitrogen and oxygen atoms in total. The zero-order valence-corrected chi connectivity index (χ0v) is 39.1. The van der Waals surface area contributed by atoms with E-state index in [-0.39, 0.29) is 41.7 Å². The summed E-state index contributed by atoms with van der Waals surface area (Å²) >= 11 is 12.0. The number of aromatic nitrogens is 5. The monoisotopic (exact) mass is 958 g/mol. The van der Waals surface area contributed by atoms with Crippen LogP contribution in [0.5, 0.6) is 23.0 Å². The molecule has 0 amide bonds. The van der Waals surface area contributed by atoms with Gasteiger partial charge in [0.2, 0.25) is 0 Å². The number of imidazole rings is 2. The molecule has 19 heteroatoms. The fourth-order valence-corrected chi connectivity index (χ4v) is 10.1. The van der Waals surface area contributed by atoms with Crippen LogP contribution >= 0.6 is 23.2 Å². The first kappa shape index (κ1) is 45.1. The summed E-state index contributed by atoms with van der Waals surface area (Å²) in [5, 5.41) is 0.511. The zero-order valence-electron chi connectivity index (χ0n) is 37.6. The summed E-state index contributed by atoms with van der Waals surface area (Å²) in [6.45, 7) is 6.78. The molecule has 0 spiro atoms. The first-order valence-corrected chi connectivity index (χ1v) is 23.0. The minimum absolute atomic E-state index is 0.0326. The molecule has 0 radical (unpaired) electrons. The van der Waals surface area contributed by atoms with Crippen molar-refractivity contribution in [3.05, 3.63) is 99.6 Å². The van der Waals surface area contributed by atoms with Crippen molar-refractivity contribution in [1.29, 1.82) is 0 Å². The molecule has 11 rings (SSSR count). The Kier molecular flexibility index (Phi) is 12.2. The topological polar surface area (TPSA) is 160 Å². The van der Waals surface area contributed by atoms with E-state index in [9.17, 15) is 9.59 Å². The molecule has 3 saturated heterocycles. The third-order valence-electron chi connectivity index (χ3n) is 13.4. The summed E-state index contributed by atoms with van der Waals surface area (Å²) in [5.74, 6) is 2.16. The molecule has 4 aliphatic heterocycles. The molecule has 1 saturated carbocycles. The third-order valence-corrected chi connectivity index (χ3v) is 13.9. The number of nitrogens with zero attached hydrogens (tertiary/aromatic N) is 6. The maximum absolute atomic E-state index is 15.5. The molecule has 0 N–H and O–H groups in total. The van der Waals surface area contributed by atoms with Crippen LogP contribution in [0.4, 0.5) is 4.39 Å². The maximum atomic E-state index is 15.5. The largest absolute Gasteiger partial charge is 0.494 e. The molecular weight excluding hydrogens is 910 g/mol. The van der Waals surface area contributed by atoms with E-state index in [0.29, 0.717) is 81.1 Å². The molecule has 5 aliphatic rings. The molecule has 67 heavy (non-hydrogen) atoms. The maximum Gasteiger partial charge on any atom is 0.338 e. The van der Waals surface area contributed by atoms with Gasteiger partial charge in [-0.3, -0.25) is 9.88 Å². The fraction of sp³-hybridized carbons (Fsp3) is 0.438. The third kappa shape index (κ3) is 8.28. The summed E-state index contributed by atoms with van der Waals surface area (Å²) in [6.07, 6.45) is 3.77. The molecular formula is C48H49Cl2FN6O10. The first-order valence-electron chi connectivity index (χ1n) is 22.1. The van der Waals surface area contributed by atoms with Crippen molar-refractivity contribution in [2.45, 2.75) is 69.2 Å². The highest BCUT2D eigenvalue weighted by Gasteiger charge is 2.59. The standard InChI is InChI=1S/C33H32ClFN4O6.C15H17ClN2O4/c1-33(26-7-4-18(34)12-36-26)44-24-6-5-22(35)29(31(24)45-33)28-20-14-38(15-21(20)28)16-27-37-30-23(39(27)13-19-8-9-43-19)10-17(32(40)42-3)11-25(30)41-2;1-20-12-6-9(15(19)21-2)5-11-14(12)17-13(7-16)18(11)8-10-3-4-22-10/h4-7,10-12,19-21,28H,8-9,13-16H2,1-3H3;5-6,10H,3-4,7-8H2,1-2H3/t19-,20-,21+,28?,33?;10-/m00/s1. The molecule has 4 fully saturated rings. The van der Waals surface area contributed by atoms with Crippen molar-refractivity contribution < 1.29 is 51.9 Å². The van der Waals surface area contributed by atoms with Crippen LogP contribution in [0, 0.1) is 17.7 Å². The van der Waals surface area contributed by atoms with Crippen molar-refractivity contribution >= 4 is 57.2 Å². The van der Waals surface area contributed by atoms with Crippen molar-refractivity contribution in [2.24, 2.45) is 11.8 Å².